The molecule has 0 bridgehead atoms. The molecule has 1 aromatic heterocycles. The first kappa shape index (κ1) is 9.59. The number of aromatic nitrogens is 1. The molecule has 2 aromatic rings. The molecule has 1 aliphatic rings. The second kappa shape index (κ2) is 3.18. The van der Waals surface area contributed by atoms with Gasteiger partial charge in [0, 0.05) is 5.92 Å². The molecular formula is C11H9NO3S. The molecule has 82 valence electrons. The number of fused-ring (bicyclic) bond motifs is 1. The predicted octanol–water partition coefficient (Wildman–Crippen LogP) is 2.58. The van der Waals surface area contributed by atoms with Crippen molar-refractivity contribution in [2.24, 2.45) is 0 Å². The van der Waals surface area contributed by atoms with Crippen LogP contribution in [0.15, 0.2) is 12.1 Å². The van der Waals surface area contributed by atoms with Gasteiger partial charge in [0.1, 0.15) is 11.1 Å². The number of carbonyl (C=O) groups is 1. The fourth-order valence-electron chi connectivity index (χ4n) is 1.67. The van der Waals surface area contributed by atoms with Crippen LogP contribution in [0.5, 0.6) is 5.75 Å². The maximum atomic E-state index is 10.8. The highest BCUT2D eigenvalue weighted by atomic mass is 32.1. The van der Waals surface area contributed by atoms with E-state index in [0.717, 1.165) is 22.5 Å². The van der Waals surface area contributed by atoms with E-state index in [1.165, 1.54) is 17.4 Å². The van der Waals surface area contributed by atoms with Crippen LogP contribution in [0, 0.1) is 0 Å². The fourth-order valence-corrected chi connectivity index (χ4v) is 2.81. The molecule has 2 N–H and O–H groups in total. The lowest BCUT2D eigenvalue weighted by molar-refractivity contribution is 0.0694. The summed E-state index contributed by atoms with van der Waals surface area (Å²) in [6, 6.07) is 3.14. The van der Waals surface area contributed by atoms with Crippen molar-refractivity contribution in [2.75, 3.05) is 0 Å². The standard InChI is InChI=1S/C11H9NO3S/c13-9-6(11(14)15)3-4-7-8(9)12-10(16-7)5-1-2-5/h3-5,13H,1-2H2,(H,14,15). The van der Waals surface area contributed by atoms with Crippen LogP contribution in [0.3, 0.4) is 0 Å². The van der Waals surface area contributed by atoms with Crippen molar-refractivity contribution in [3.8, 4) is 5.75 Å². The normalized spacial score (nSPS) is 15.5. The Morgan fingerprint density at radius 2 is 2.19 bits per heavy atom. The smallest absolute Gasteiger partial charge is 0.339 e. The largest absolute Gasteiger partial charge is 0.505 e. The number of aromatic carboxylic acids is 1. The summed E-state index contributed by atoms with van der Waals surface area (Å²) in [7, 11) is 0. The van der Waals surface area contributed by atoms with Crippen LogP contribution in [0.25, 0.3) is 10.2 Å². The van der Waals surface area contributed by atoms with Gasteiger partial charge in [-0.05, 0) is 25.0 Å². The summed E-state index contributed by atoms with van der Waals surface area (Å²) in [6.07, 6.45) is 2.29. The highest BCUT2D eigenvalue weighted by Crippen LogP contribution is 2.44. The van der Waals surface area contributed by atoms with Crippen molar-refractivity contribution in [3.63, 3.8) is 0 Å². The Morgan fingerprint density at radius 3 is 2.81 bits per heavy atom. The van der Waals surface area contributed by atoms with Gasteiger partial charge in [0.15, 0.2) is 5.75 Å². The van der Waals surface area contributed by atoms with Gasteiger partial charge in [-0.15, -0.1) is 11.3 Å². The summed E-state index contributed by atoms with van der Waals surface area (Å²) in [5, 5.41) is 19.7. The Hall–Kier alpha value is -1.62. The minimum absolute atomic E-state index is 0.0832. The van der Waals surface area contributed by atoms with E-state index < -0.39 is 5.97 Å². The van der Waals surface area contributed by atoms with E-state index in [1.807, 2.05) is 0 Å². The van der Waals surface area contributed by atoms with Crippen LogP contribution < -0.4 is 0 Å². The van der Waals surface area contributed by atoms with E-state index in [4.69, 9.17) is 5.11 Å². The van der Waals surface area contributed by atoms with Gasteiger partial charge in [-0.25, -0.2) is 9.78 Å². The third kappa shape index (κ3) is 1.36. The van der Waals surface area contributed by atoms with Gasteiger partial charge >= 0.3 is 5.97 Å². The van der Waals surface area contributed by atoms with Crippen molar-refractivity contribution in [2.45, 2.75) is 18.8 Å². The quantitative estimate of drug-likeness (QED) is 0.839. The molecule has 1 heterocycles. The first-order chi connectivity index (χ1) is 7.66. The third-order valence-corrected chi connectivity index (χ3v) is 3.89. The summed E-state index contributed by atoms with van der Waals surface area (Å²) < 4.78 is 0.851. The zero-order valence-corrected chi connectivity index (χ0v) is 9.12. The Labute approximate surface area is 95.2 Å². The third-order valence-electron chi connectivity index (χ3n) is 2.71. The van der Waals surface area contributed by atoms with Gasteiger partial charge in [0.2, 0.25) is 0 Å². The number of hydrogen-bond donors (Lipinski definition) is 2. The summed E-state index contributed by atoms with van der Waals surface area (Å²) in [5.41, 5.74) is 0.340. The van der Waals surface area contributed by atoms with Crippen LogP contribution in [0.1, 0.15) is 34.1 Å². The lowest BCUT2D eigenvalue weighted by atomic mass is 10.2. The number of thiazole rings is 1. The average molecular weight is 235 g/mol. The average Bonchev–Trinajstić information content (AvgIpc) is 2.99. The van der Waals surface area contributed by atoms with Gasteiger partial charge < -0.3 is 10.2 Å². The Balaban J connectivity index is 2.22. The minimum Gasteiger partial charge on any atom is -0.505 e. The van der Waals surface area contributed by atoms with Crippen molar-refractivity contribution in [1.82, 2.24) is 4.98 Å². The molecule has 5 heteroatoms. The molecule has 4 nitrogen and oxygen atoms in total. The molecule has 1 aromatic carbocycles. The number of phenols is 1. The van der Waals surface area contributed by atoms with E-state index in [9.17, 15) is 9.90 Å². The molecule has 0 saturated heterocycles. The molecule has 0 spiro atoms. The maximum absolute atomic E-state index is 10.8. The molecular weight excluding hydrogens is 226 g/mol. The van der Waals surface area contributed by atoms with E-state index in [-0.39, 0.29) is 11.3 Å². The lowest BCUT2D eigenvalue weighted by Crippen LogP contribution is -1.96. The van der Waals surface area contributed by atoms with Gasteiger partial charge in [-0.1, -0.05) is 0 Å². The monoisotopic (exact) mass is 235 g/mol. The molecule has 16 heavy (non-hydrogen) atoms. The summed E-state index contributed by atoms with van der Waals surface area (Å²) in [5.74, 6) is -0.821. The topological polar surface area (TPSA) is 70.4 Å². The number of rotatable bonds is 2. The molecule has 1 fully saturated rings. The molecule has 3 rings (SSSR count). The molecule has 0 radical (unpaired) electrons. The van der Waals surface area contributed by atoms with E-state index in [0.29, 0.717) is 11.4 Å². The Kier molecular flexibility index (Phi) is 1.91. The second-order valence-corrected chi connectivity index (χ2v) is 5.00. The Morgan fingerprint density at radius 1 is 1.44 bits per heavy atom. The molecule has 0 aliphatic heterocycles. The first-order valence-corrected chi connectivity index (χ1v) is 5.84. The highest BCUT2D eigenvalue weighted by molar-refractivity contribution is 7.18. The molecule has 0 atom stereocenters. The van der Waals surface area contributed by atoms with Gasteiger partial charge in [-0.2, -0.15) is 0 Å². The van der Waals surface area contributed by atoms with Crippen LogP contribution >= 0.6 is 11.3 Å². The highest BCUT2D eigenvalue weighted by Gasteiger charge is 2.28. The summed E-state index contributed by atoms with van der Waals surface area (Å²) in [6.45, 7) is 0. The van der Waals surface area contributed by atoms with Crippen molar-refractivity contribution >= 4 is 27.5 Å². The van der Waals surface area contributed by atoms with Crippen molar-refractivity contribution in [3.05, 3.63) is 22.7 Å². The molecule has 1 saturated carbocycles. The van der Waals surface area contributed by atoms with E-state index in [2.05, 4.69) is 4.98 Å². The fraction of sp³-hybridized carbons (Fsp3) is 0.273. The van der Waals surface area contributed by atoms with E-state index in [1.54, 1.807) is 6.07 Å². The number of benzene rings is 1. The molecule has 0 unspecified atom stereocenters. The van der Waals surface area contributed by atoms with E-state index >= 15 is 0 Å². The number of nitrogens with zero attached hydrogens (tertiary/aromatic N) is 1. The van der Waals surface area contributed by atoms with Crippen LogP contribution in [-0.4, -0.2) is 21.2 Å². The lowest BCUT2D eigenvalue weighted by Gasteiger charge is -1.98. The minimum atomic E-state index is -1.12. The number of carboxylic acid groups (broad SMARTS) is 1. The molecule has 0 amide bonds. The van der Waals surface area contributed by atoms with Crippen LogP contribution in [0.2, 0.25) is 0 Å². The zero-order valence-electron chi connectivity index (χ0n) is 8.30. The van der Waals surface area contributed by atoms with Gasteiger partial charge in [0.25, 0.3) is 0 Å². The zero-order chi connectivity index (χ0) is 11.3. The second-order valence-electron chi connectivity index (χ2n) is 3.94. The molecule has 1 aliphatic carbocycles. The maximum Gasteiger partial charge on any atom is 0.339 e. The Bertz CT molecular complexity index is 586. The van der Waals surface area contributed by atoms with Crippen LogP contribution in [0.4, 0.5) is 0 Å². The number of aromatic hydroxyl groups is 1. The predicted molar refractivity (Wildman–Crippen MR) is 60.2 cm³/mol. The SMILES string of the molecule is O=C(O)c1ccc2sc(C3CC3)nc2c1O. The summed E-state index contributed by atoms with van der Waals surface area (Å²) in [4.78, 5) is 15.2. The van der Waals surface area contributed by atoms with Gasteiger partial charge in [-0.3, -0.25) is 0 Å². The van der Waals surface area contributed by atoms with Crippen molar-refractivity contribution in [1.29, 1.82) is 0 Å². The number of carboxylic acids is 1. The van der Waals surface area contributed by atoms with Crippen LogP contribution in [-0.2, 0) is 0 Å². The number of hydrogen-bond acceptors (Lipinski definition) is 4. The van der Waals surface area contributed by atoms with Gasteiger partial charge in [0.05, 0.1) is 9.71 Å². The summed E-state index contributed by atoms with van der Waals surface area (Å²) >= 11 is 1.54. The first-order valence-electron chi connectivity index (χ1n) is 5.02. The van der Waals surface area contributed by atoms with Crippen molar-refractivity contribution < 1.29 is 15.0 Å².